The van der Waals surface area contributed by atoms with Gasteiger partial charge in [-0.05, 0) is 63.3 Å². The average Bonchev–Trinajstić information content (AvgIpc) is 2.71. The second-order valence-electron chi connectivity index (χ2n) is 7.53. The predicted octanol–water partition coefficient (Wildman–Crippen LogP) is 5.43. The molecule has 0 bridgehead atoms. The third-order valence-corrected chi connectivity index (χ3v) is 8.71. The number of hydrogen-bond acceptors (Lipinski definition) is 4. The molecule has 6 heteroatoms. The first-order valence-electron chi connectivity index (χ1n) is 10.0. The van der Waals surface area contributed by atoms with Crippen molar-refractivity contribution in [2.75, 3.05) is 5.75 Å². The van der Waals surface area contributed by atoms with Gasteiger partial charge in [-0.15, -0.1) is 0 Å². The highest BCUT2D eigenvalue weighted by Gasteiger charge is 2.24. The number of allylic oxidation sites excluding steroid dienone is 2. The topological polar surface area (TPSA) is 68.3 Å². The van der Waals surface area contributed by atoms with E-state index in [4.69, 9.17) is 0 Å². The molecule has 0 saturated carbocycles. The minimum atomic E-state index is -3.59. The van der Waals surface area contributed by atoms with Crippen LogP contribution < -0.4 is 0 Å². The van der Waals surface area contributed by atoms with Gasteiger partial charge in [-0.25, -0.2) is 16.8 Å². The zero-order chi connectivity index (χ0) is 22.4. The van der Waals surface area contributed by atoms with E-state index in [1.807, 2.05) is 20.8 Å². The molecule has 30 heavy (non-hydrogen) atoms. The van der Waals surface area contributed by atoms with Crippen LogP contribution in [0.25, 0.3) is 0 Å². The van der Waals surface area contributed by atoms with E-state index in [-0.39, 0.29) is 21.5 Å². The van der Waals surface area contributed by atoms with E-state index >= 15 is 0 Å². The van der Waals surface area contributed by atoms with Crippen LogP contribution in [0.1, 0.15) is 37.3 Å². The molecule has 0 aromatic heterocycles. The first-order valence-corrected chi connectivity index (χ1v) is 13.2. The summed E-state index contributed by atoms with van der Waals surface area (Å²) in [5.74, 6) is -0.259. The van der Waals surface area contributed by atoms with Gasteiger partial charge in [-0.3, -0.25) is 0 Å². The quantitative estimate of drug-likeness (QED) is 0.457. The molecular weight excluding hydrogens is 416 g/mol. The molecule has 2 rings (SSSR count). The monoisotopic (exact) mass is 446 g/mol. The molecule has 0 spiro atoms. The zero-order valence-corrected chi connectivity index (χ0v) is 19.5. The molecule has 2 aromatic carbocycles. The molecule has 4 nitrogen and oxygen atoms in total. The van der Waals surface area contributed by atoms with Crippen LogP contribution in [0, 0.1) is 19.8 Å². The highest BCUT2D eigenvalue weighted by molar-refractivity contribution is 7.95. The van der Waals surface area contributed by atoms with Crippen LogP contribution in [0.3, 0.4) is 0 Å². The SMILES string of the molecule is C=C(C(CC)CCC=CCS(=O)(=O)c1ccc(C)cc1)S(=O)(=O)c1ccc(C)cc1. The number of aryl methyl sites for hydroxylation is 2. The van der Waals surface area contributed by atoms with Gasteiger partial charge in [-0.1, -0.05) is 61.0 Å². The second kappa shape index (κ2) is 10.2. The third kappa shape index (κ3) is 6.16. The van der Waals surface area contributed by atoms with Crippen LogP contribution in [0.5, 0.6) is 0 Å². The van der Waals surface area contributed by atoms with Gasteiger partial charge in [-0.2, -0.15) is 0 Å². The molecule has 0 saturated heterocycles. The summed E-state index contributed by atoms with van der Waals surface area (Å²) < 4.78 is 50.4. The lowest BCUT2D eigenvalue weighted by Crippen LogP contribution is -2.13. The van der Waals surface area contributed by atoms with Gasteiger partial charge in [0.15, 0.2) is 9.84 Å². The van der Waals surface area contributed by atoms with Gasteiger partial charge in [0.25, 0.3) is 0 Å². The molecular formula is C24H30O4S2. The molecule has 1 atom stereocenters. The van der Waals surface area contributed by atoms with E-state index in [0.717, 1.165) is 11.1 Å². The van der Waals surface area contributed by atoms with E-state index in [0.29, 0.717) is 24.2 Å². The summed E-state index contributed by atoms with van der Waals surface area (Å²) in [5.41, 5.74) is 2.01. The Balaban J connectivity index is 1.97. The summed E-state index contributed by atoms with van der Waals surface area (Å²) in [6.07, 6.45) is 5.28. The van der Waals surface area contributed by atoms with Gasteiger partial charge < -0.3 is 0 Å². The van der Waals surface area contributed by atoms with Crippen LogP contribution in [-0.2, 0) is 19.7 Å². The van der Waals surface area contributed by atoms with E-state index in [9.17, 15) is 16.8 Å². The molecule has 162 valence electrons. The summed E-state index contributed by atoms with van der Waals surface area (Å²) in [7, 11) is -6.95. The summed E-state index contributed by atoms with van der Waals surface area (Å²) in [6, 6.07) is 13.6. The Labute approximate surface area is 181 Å². The van der Waals surface area contributed by atoms with Crippen LogP contribution in [-0.4, -0.2) is 22.6 Å². The highest BCUT2D eigenvalue weighted by atomic mass is 32.2. The Kier molecular flexibility index (Phi) is 8.21. The van der Waals surface area contributed by atoms with Crippen molar-refractivity contribution in [2.45, 2.75) is 49.8 Å². The van der Waals surface area contributed by atoms with Crippen molar-refractivity contribution in [3.63, 3.8) is 0 Å². The Bertz CT molecular complexity index is 1090. The largest absolute Gasteiger partial charge is 0.223 e. The van der Waals surface area contributed by atoms with Gasteiger partial charge in [0.1, 0.15) is 0 Å². The van der Waals surface area contributed by atoms with Crippen LogP contribution in [0.4, 0.5) is 0 Å². The van der Waals surface area contributed by atoms with Gasteiger partial charge in [0.05, 0.1) is 15.5 Å². The standard InChI is InChI=1S/C24H30O4S2/c1-5-22(21(4)30(27,28)24-16-12-20(3)13-17-24)9-7-6-8-18-29(25,26)23-14-10-19(2)11-15-23/h6,8,10-17,22H,4-5,7,9,18H2,1-3H3. The molecule has 0 heterocycles. The van der Waals surface area contributed by atoms with Crippen LogP contribution >= 0.6 is 0 Å². The van der Waals surface area contributed by atoms with E-state index < -0.39 is 19.7 Å². The van der Waals surface area contributed by atoms with E-state index in [1.54, 1.807) is 60.7 Å². The lowest BCUT2D eigenvalue weighted by Gasteiger charge is -2.17. The number of rotatable bonds is 10. The van der Waals surface area contributed by atoms with Crippen molar-refractivity contribution in [3.8, 4) is 0 Å². The number of benzene rings is 2. The summed E-state index contributed by atoms with van der Waals surface area (Å²) in [5, 5.41) is 0. The van der Waals surface area contributed by atoms with Gasteiger partial charge in [0, 0.05) is 4.91 Å². The summed E-state index contributed by atoms with van der Waals surface area (Å²) >= 11 is 0. The maximum Gasteiger partial charge on any atom is 0.202 e. The van der Waals surface area contributed by atoms with E-state index in [1.165, 1.54) is 0 Å². The Hall–Kier alpha value is -2.18. The molecule has 1 unspecified atom stereocenters. The van der Waals surface area contributed by atoms with Crippen molar-refractivity contribution in [1.82, 2.24) is 0 Å². The predicted molar refractivity (Wildman–Crippen MR) is 123 cm³/mol. The third-order valence-electron chi connectivity index (χ3n) is 5.17. The van der Waals surface area contributed by atoms with Crippen molar-refractivity contribution < 1.29 is 16.8 Å². The van der Waals surface area contributed by atoms with Crippen molar-refractivity contribution in [3.05, 3.63) is 83.3 Å². The minimum absolute atomic E-state index is 0.0739. The second-order valence-corrected chi connectivity index (χ2v) is 11.6. The maximum atomic E-state index is 12.8. The summed E-state index contributed by atoms with van der Waals surface area (Å²) in [4.78, 5) is 0.785. The first-order chi connectivity index (χ1) is 14.1. The fourth-order valence-electron chi connectivity index (χ4n) is 3.13. The molecule has 2 aromatic rings. The van der Waals surface area contributed by atoms with Crippen LogP contribution in [0.2, 0.25) is 0 Å². The molecule has 0 aliphatic rings. The molecule has 0 aliphatic heterocycles. The maximum absolute atomic E-state index is 12.8. The molecule has 0 amide bonds. The van der Waals surface area contributed by atoms with Crippen molar-refractivity contribution in [1.29, 1.82) is 0 Å². The fourth-order valence-corrected chi connectivity index (χ4v) is 5.79. The highest BCUT2D eigenvalue weighted by Crippen LogP contribution is 2.29. The molecule has 0 fully saturated rings. The lowest BCUT2D eigenvalue weighted by molar-refractivity contribution is 0.548. The lowest BCUT2D eigenvalue weighted by atomic mass is 10.0. The number of hydrogen-bond donors (Lipinski definition) is 0. The van der Waals surface area contributed by atoms with E-state index in [2.05, 4.69) is 6.58 Å². The van der Waals surface area contributed by atoms with Crippen molar-refractivity contribution in [2.24, 2.45) is 5.92 Å². The normalized spacial score (nSPS) is 13.4. The van der Waals surface area contributed by atoms with Crippen LogP contribution in [0.15, 0.2) is 82.0 Å². The minimum Gasteiger partial charge on any atom is -0.223 e. The van der Waals surface area contributed by atoms with Crippen molar-refractivity contribution >= 4 is 19.7 Å². The Morgan fingerprint density at radius 2 is 1.37 bits per heavy atom. The average molecular weight is 447 g/mol. The Morgan fingerprint density at radius 3 is 1.87 bits per heavy atom. The number of sulfone groups is 2. The smallest absolute Gasteiger partial charge is 0.202 e. The van der Waals surface area contributed by atoms with Gasteiger partial charge >= 0.3 is 0 Å². The molecule has 0 radical (unpaired) electrons. The fraction of sp³-hybridized carbons (Fsp3) is 0.333. The summed E-state index contributed by atoms with van der Waals surface area (Å²) in [6.45, 7) is 9.63. The molecule has 0 N–H and O–H groups in total. The first kappa shape index (κ1) is 24.1. The molecule has 0 aliphatic carbocycles. The van der Waals surface area contributed by atoms with Gasteiger partial charge in [0.2, 0.25) is 9.84 Å². The Morgan fingerprint density at radius 1 is 0.867 bits per heavy atom. The zero-order valence-electron chi connectivity index (χ0n) is 17.8.